The highest BCUT2D eigenvalue weighted by Gasteiger charge is 2.18. The van der Waals surface area contributed by atoms with Gasteiger partial charge < -0.3 is 0 Å². The SMILES string of the molecule is Clc1ccc(CN2CCN(Cc3ccc(Cl)c(Cl)c3)CC2)c(Cl)c1. The Kier molecular flexibility index (Phi) is 6.31. The van der Waals surface area contributed by atoms with Crippen LogP contribution < -0.4 is 0 Å². The fourth-order valence-corrected chi connectivity index (χ4v) is 3.68. The van der Waals surface area contributed by atoms with E-state index in [0.717, 1.165) is 49.9 Å². The van der Waals surface area contributed by atoms with E-state index < -0.39 is 0 Å². The van der Waals surface area contributed by atoms with Gasteiger partial charge in [0.25, 0.3) is 0 Å². The van der Waals surface area contributed by atoms with Crippen LogP contribution in [0.3, 0.4) is 0 Å². The topological polar surface area (TPSA) is 6.48 Å². The number of nitrogens with zero attached hydrogens (tertiary/aromatic N) is 2. The standard InChI is InChI=1S/C18H18Cl4N2/c19-15-3-2-14(17(21)10-15)12-24-7-5-23(6-8-24)11-13-1-4-16(20)18(22)9-13/h1-4,9-10H,5-8,11-12H2. The number of hydrogen-bond acceptors (Lipinski definition) is 2. The van der Waals surface area contributed by atoms with E-state index in [4.69, 9.17) is 46.4 Å². The summed E-state index contributed by atoms with van der Waals surface area (Å²) in [6.07, 6.45) is 0. The number of benzene rings is 2. The minimum absolute atomic E-state index is 0.602. The smallest absolute Gasteiger partial charge is 0.0595 e. The number of hydrogen-bond donors (Lipinski definition) is 0. The zero-order valence-corrected chi connectivity index (χ0v) is 16.1. The molecule has 2 aromatic carbocycles. The Bertz CT molecular complexity index is 712. The van der Waals surface area contributed by atoms with Crippen LogP contribution in [0.1, 0.15) is 11.1 Å². The molecular formula is C18H18Cl4N2. The Balaban J connectivity index is 1.52. The molecule has 2 aromatic rings. The second-order valence-electron chi connectivity index (χ2n) is 6.04. The van der Waals surface area contributed by atoms with Crippen molar-refractivity contribution in [2.75, 3.05) is 26.2 Å². The molecule has 0 amide bonds. The molecule has 0 unspecified atom stereocenters. The third-order valence-corrected chi connectivity index (χ3v) is 5.59. The van der Waals surface area contributed by atoms with Crippen LogP contribution in [0.2, 0.25) is 20.1 Å². The van der Waals surface area contributed by atoms with E-state index in [0.29, 0.717) is 15.1 Å². The van der Waals surface area contributed by atoms with Gasteiger partial charge in [-0.05, 0) is 35.4 Å². The fourth-order valence-electron chi connectivity index (χ4n) is 2.89. The van der Waals surface area contributed by atoms with Crippen molar-refractivity contribution in [1.82, 2.24) is 9.80 Å². The van der Waals surface area contributed by atoms with E-state index in [9.17, 15) is 0 Å². The average molecular weight is 404 g/mol. The summed E-state index contributed by atoms with van der Waals surface area (Å²) in [7, 11) is 0. The summed E-state index contributed by atoms with van der Waals surface area (Å²) in [4.78, 5) is 4.85. The molecule has 1 aliphatic heterocycles. The van der Waals surface area contributed by atoms with Crippen LogP contribution in [0.4, 0.5) is 0 Å². The van der Waals surface area contributed by atoms with Crippen molar-refractivity contribution in [2.24, 2.45) is 0 Å². The monoisotopic (exact) mass is 402 g/mol. The Morgan fingerprint density at radius 2 is 1.33 bits per heavy atom. The molecule has 0 atom stereocenters. The van der Waals surface area contributed by atoms with Gasteiger partial charge in [-0.1, -0.05) is 58.5 Å². The van der Waals surface area contributed by atoms with Gasteiger partial charge in [-0.15, -0.1) is 0 Å². The zero-order valence-electron chi connectivity index (χ0n) is 13.1. The fraction of sp³-hybridized carbons (Fsp3) is 0.333. The summed E-state index contributed by atoms with van der Waals surface area (Å²) < 4.78 is 0. The minimum Gasteiger partial charge on any atom is -0.297 e. The number of halogens is 4. The van der Waals surface area contributed by atoms with E-state index in [1.165, 1.54) is 5.56 Å². The summed E-state index contributed by atoms with van der Waals surface area (Å²) >= 11 is 24.3. The van der Waals surface area contributed by atoms with Crippen LogP contribution in [0.15, 0.2) is 36.4 Å². The van der Waals surface area contributed by atoms with Crippen LogP contribution in [0.25, 0.3) is 0 Å². The quantitative estimate of drug-likeness (QED) is 0.653. The largest absolute Gasteiger partial charge is 0.297 e. The Morgan fingerprint density at radius 3 is 1.96 bits per heavy atom. The number of rotatable bonds is 4. The lowest BCUT2D eigenvalue weighted by Gasteiger charge is -2.35. The third kappa shape index (κ3) is 4.78. The molecule has 0 aliphatic carbocycles. The lowest BCUT2D eigenvalue weighted by atomic mass is 10.1. The van der Waals surface area contributed by atoms with Gasteiger partial charge in [-0.3, -0.25) is 9.80 Å². The molecule has 1 aliphatic rings. The lowest BCUT2D eigenvalue weighted by Crippen LogP contribution is -2.45. The van der Waals surface area contributed by atoms with Gasteiger partial charge in [-0.25, -0.2) is 0 Å². The van der Waals surface area contributed by atoms with Crippen LogP contribution >= 0.6 is 46.4 Å². The van der Waals surface area contributed by atoms with E-state index in [1.807, 2.05) is 30.3 Å². The van der Waals surface area contributed by atoms with Gasteiger partial charge in [0.2, 0.25) is 0 Å². The molecule has 0 N–H and O–H groups in total. The van der Waals surface area contributed by atoms with Gasteiger partial charge in [0.15, 0.2) is 0 Å². The van der Waals surface area contributed by atoms with Gasteiger partial charge in [-0.2, -0.15) is 0 Å². The third-order valence-electron chi connectivity index (χ3n) is 4.26. The summed E-state index contributed by atoms with van der Waals surface area (Å²) in [5.41, 5.74) is 2.32. The highest BCUT2D eigenvalue weighted by atomic mass is 35.5. The second kappa shape index (κ2) is 8.27. The van der Waals surface area contributed by atoms with Crippen molar-refractivity contribution < 1.29 is 0 Å². The molecule has 128 valence electrons. The van der Waals surface area contributed by atoms with Crippen LogP contribution in [0.5, 0.6) is 0 Å². The lowest BCUT2D eigenvalue weighted by molar-refractivity contribution is 0.122. The molecule has 1 saturated heterocycles. The maximum absolute atomic E-state index is 6.27. The zero-order chi connectivity index (χ0) is 17.1. The molecule has 3 rings (SSSR count). The van der Waals surface area contributed by atoms with E-state index in [1.54, 1.807) is 6.07 Å². The Morgan fingerprint density at radius 1 is 0.667 bits per heavy atom. The maximum Gasteiger partial charge on any atom is 0.0595 e. The molecule has 1 heterocycles. The first-order chi connectivity index (χ1) is 11.5. The second-order valence-corrected chi connectivity index (χ2v) is 7.69. The van der Waals surface area contributed by atoms with Crippen molar-refractivity contribution >= 4 is 46.4 Å². The van der Waals surface area contributed by atoms with Crippen molar-refractivity contribution in [3.8, 4) is 0 Å². The highest BCUT2D eigenvalue weighted by Crippen LogP contribution is 2.24. The van der Waals surface area contributed by atoms with Gasteiger partial charge in [0.05, 0.1) is 10.0 Å². The first-order valence-corrected chi connectivity index (χ1v) is 9.35. The molecule has 0 radical (unpaired) electrons. The predicted octanol–water partition coefficient (Wildman–Crippen LogP) is 5.62. The average Bonchev–Trinajstić information content (AvgIpc) is 2.55. The maximum atomic E-state index is 6.27. The molecule has 2 nitrogen and oxygen atoms in total. The Labute approximate surface area is 162 Å². The molecule has 1 fully saturated rings. The Hall–Kier alpha value is -0.480. The molecule has 6 heteroatoms. The molecule has 0 aromatic heterocycles. The summed E-state index contributed by atoms with van der Waals surface area (Å²) in [6.45, 7) is 5.82. The summed E-state index contributed by atoms with van der Waals surface area (Å²) in [5.74, 6) is 0. The molecular weight excluding hydrogens is 386 g/mol. The molecule has 0 saturated carbocycles. The van der Waals surface area contributed by atoms with Crippen LogP contribution in [0, 0.1) is 0 Å². The van der Waals surface area contributed by atoms with Crippen molar-refractivity contribution in [3.05, 3.63) is 67.6 Å². The van der Waals surface area contributed by atoms with Crippen LogP contribution in [-0.4, -0.2) is 36.0 Å². The van der Waals surface area contributed by atoms with Crippen LogP contribution in [-0.2, 0) is 13.1 Å². The van der Waals surface area contributed by atoms with Gasteiger partial charge in [0.1, 0.15) is 0 Å². The first kappa shape index (κ1) is 18.3. The van der Waals surface area contributed by atoms with Crippen molar-refractivity contribution in [1.29, 1.82) is 0 Å². The van der Waals surface area contributed by atoms with E-state index in [-0.39, 0.29) is 0 Å². The summed E-state index contributed by atoms with van der Waals surface area (Å²) in [5, 5.41) is 2.63. The van der Waals surface area contributed by atoms with E-state index >= 15 is 0 Å². The molecule has 0 spiro atoms. The first-order valence-electron chi connectivity index (χ1n) is 7.84. The normalized spacial score (nSPS) is 16.5. The van der Waals surface area contributed by atoms with Gasteiger partial charge >= 0.3 is 0 Å². The number of piperazine rings is 1. The van der Waals surface area contributed by atoms with E-state index in [2.05, 4.69) is 9.80 Å². The van der Waals surface area contributed by atoms with Crippen molar-refractivity contribution in [3.63, 3.8) is 0 Å². The van der Waals surface area contributed by atoms with Gasteiger partial charge in [0, 0.05) is 49.3 Å². The molecule has 0 bridgehead atoms. The summed E-state index contributed by atoms with van der Waals surface area (Å²) in [6, 6.07) is 11.5. The van der Waals surface area contributed by atoms with Crippen molar-refractivity contribution in [2.45, 2.75) is 13.1 Å². The highest BCUT2D eigenvalue weighted by molar-refractivity contribution is 6.42. The molecule has 24 heavy (non-hydrogen) atoms. The predicted molar refractivity (Wildman–Crippen MR) is 103 cm³/mol. The minimum atomic E-state index is 0.602.